The highest BCUT2D eigenvalue weighted by molar-refractivity contribution is 5.86. The van der Waals surface area contributed by atoms with E-state index in [1.54, 1.807) is 13.0 Å². The number of aromatic nitrogens is 1. The average Bonchev–Trinajstić information content (AvgIpc) is 2.77. The SMILES string of the molecule is COCc1nc(-c2ccc(F)c(C)c2)oc1C(=O)O. The molecule has 0 fully saturated rings. The molecule has 0 saturated carbocycles. The summed E-state index contributed by atoms with van der Waals surface area (Å²) in [5.74, 6) is -1.69. The van der Waals surface area contributed by atoms with Crippen molar-refractivity contribution < 1.29 is 23.4 Å². The molecule has 0 aliphatic rings. The van der Waals surface area contributed by atoms with Crippen LogP contribution in [0.3, 0.4) is 0 Å². The highest BCUT2D eigenvalue weighted by Crippen LogP contribution is 2.24. The molecule has 100 valence electrons. The van der Waals surface area contributed by atoms with Crippen LogP contribution in [0.25, 0.3) is 11.5 Å². The summed E-state index contributed by atoms with van der Waals surface area (Å²) in [7, 11) is 1.43. The van der Waals surface area contributed by atoms with E-state index in [-0.39, 0.29) is 29.8 Å². The fourth-order valence-corrected chi connectivity index (χ4v) is 1.65. The molecule has 0 radical (unpaired) electrons. The lowest BCUT2D eigenvalue weighted by Crippen LogP contribution is -2.00. The molecule has 0 aliphatic carbocycles. The van der Waals surface area contributed by atoms with E-state index < -0.39 is 5.97 Å². The van der Waals surface area contributed by atoms with Crippen molar-refractivity contribution in [2.24, 2.45) is 0 Å². The fourth-order valence-electron chi connectivity index (χ4n) is 1.65. The van der Waals surface area contributed by atoms with Crippen LogP contribution in [0.5, 0.6) is 0 Å². The second-order valence-electron chi connectivity index (χ2n) is 4.00. The van der Waals surface area contributed by atoms with Crippen LogP contribution in [0.2, 0.25) is 0 Å². The third kappa shape index (κ3) is 2.63. The summed E-state index contributed by atoms with van der Waals surface area (Å²) in [5, 5.41) is 9.00. The molecule has 0 atom stereocenters. The molecule has 0 amide bonds. The number of hydrogen-bond acceptors (Lipinski definition) is 4. The third-order valence-electron chi connectivity index (χ3n) is 2.58. The number of rotatable bonds is 4. The zero-order valence-electron chi connectivity index (χ0n) is 10.4. The molecule has 19 heavy (non-hydrogen) atoms. The van der Waals surface area contributed by atoms with Gasteiger partial charge in [-0.05, 0) is 30.7 Å². The topological polar surface area (TPSA) is 72.6 Å². The van der Waals surface area contributed by atoms with Crippen LogP contribution in [-0.2, 0) is 11.3 Å². The molecule has 1 aromatic heterocycles. The number of aryl methyl sites for hydroxylation is 1. The summed E-state index contributed by atoms with van der Waals surface area (Å²) in [6, 6.07) is 4.31. The van der Waals surface area contributed by atoms with E-state index in [1.165, 1.54) is 19.2 Å². The van der Waals surface area contributed by atoms with E-state index >= 15 is 0 Å². The van der Waals surface area contributed by atoms with Gasteiger partial charge in [-0.25, -0.2) is 14.2 Å². The Morgan fingerprint density at radius 2 is 2.26 bits per heavy atom. The second-order valence-corrected chi connectivity index (χ2v) is 4.00. The van der Waals surface area contributed by atoms with Crippen molar-refractivity contribution >= 4 is 5.97 Å². The lowest BCUT2D eigenvalue weighted by atomic mass is 10.1. The molecule has 0 aliphatic heterocycles. The van der Waals surface area contributed by atoms with Gasteiger partial charge in [0.2, 0.25) is 11.7 Å². The van der Waals surface area contributed by atoms with Crippen molar-refractivity contribution in [2.45, 2.75) is 13.5 Å². The zero-order chi connectivity index (χ0) is 14.0. The number of carboxylic acids is 1. The first kappa shape index (κ1) is 13.2. The first-order valence-electron chi connectivity index (χ1n) is 5.51. The van der Waals surface area contributed by atoms with Gasteiger partial charge < -0.3 is 14.3 Å². The van der Waals surface area contributed by atoms with Crippen LogP contribution in [-0.4, -0.2) is 23.2 Å². The van der Waals surface area contributed by atoms with Crippen molar-refractivity contribution in [3.05, 3.63) is 41.0 Å². The molecule has 1 N–H and O–H groups in total. The maximum atomic E-state index is 13.2. The van der Waals surface area contributed by atoms with Crippen molar-refractivity contribution in [2.75, 3.05) is 7.11 Å². The first-order chi connectivity index (χ1) is 9.02. The second kappa shape index (κ2) is 5.19. The van der Waals surface area contributed by atoms with Gasteiger partial charge in [0.25, 0.3) is 0 Å². The predicted molar refractivity (Wildman–Crippen MR) is 64.3 cm³/mol. The summed E-state index contributed by atoms with van der Waals surface area (Å²) < 4.78 is 23.2. The maximum absolute atomic E-state index is 13.2. The number of ether oxygens (including phenoxy) is 1. The minimum absolute atomic E-state index is 0.0330. The van der Waals surface area contributed by atoms with Gasteiger partial charge in [-0.15, -0.1) is 0 Å². The molecule has 2 aromatic rings. The number of benzene rings is 1. The Bertz CT molecular complexity index is 621. The van der Waals surface area contributed by atoms with Crippen LogP contribution in [0, 0.1) is 12.7 Å². The number of oxazole rings is 1. The van der Waals surface area contributed by atoms with E-state index in [2.05, 4.69) is 4.98 Å². The summed E-state index contributed by atoms with van der Waals surface area (Å²) >= 11 is 0. The summed E-state index contributed by atoms with van der Waals surface area (Å²) in [6.07, 6.45) is 0. The van der Waals surface area contributed by atoms with Crippen molar-refractivity contribution in [1.82, 2.24) is 4.98 Å². The zero-order valence-corrected chi connectivity index (χ0v) is 10.4. The average molecular weight is 265 g/mol. The molecule has 0 unspecified atom stereocenters. The number of methoxy groups -OCH3 is 1. The van der Waals surface area contributed by atoms with Gasteiger partial charge in [0.1, 0.15) is 11.5 Å². The molecule has 0 bridgehead atoms. The largest absolute Gasteiger partial charge is 0.475 e. The van der Waals surface area contributed by atoms with Crippen molar-refractivity contribution in [3.8, 4) is 11.5 Å². The number of hydrogen-bond donors (Lipinski definition) is 1. The Balaban J connectivity index is 2.47. The van der Waals surface area contributed by atoms with E-state index in [4.69, 9.17) is 14.3 Å². The van der Waals surface area contributed by atoms with Crippen LogP contribution in [0.15, 0.2) is 22.6 Å². The third-order valence-corrected chi connectivity index (χ3v) is 2.58. The molecule has 2 rings (SSSR count). The van der Waals surface area contributed by atoms with Crippen molar-refractivity contribution in [3.63, 3.8) is 0 Å². The van der Waals surface area contributed by atoms with Crippen molar-refractivity contribution in [1.29, 1.82) is 0 Å². The smallest absolute Gasteiger partial charge is 0.373 e. The standard InChI is InChI=1S/C13H12FNO4/c1-7-5-8(3-4-9(7)14)12-15-10(6-18-2)11(19-12)13(16)17/h3-5H,6H2,1-2H3,(H,16,17). The fraction of sp³-hybridized carbons (Fsp3) is 0.231. The van der Waals surface area contributed by atoms with Gasteiger partial charge in [0.15, 0.2) is 0 Å². The number of nitrogens with zero attached hydrogens (tertiary/aromatic N) is 1. The lowest BCUT2D eigenvalue weighted by molar-refractivity contribution is 0.0656. The van der Waals surface area contributed by atoms with Gasteiger partial charge in [-0.1, -0.05) is 0 Å². The summed E-state index contributed by atoms with van der Waals surface area (Å²) in [4.78, 5) is 15.1. The predicted octanol–water partition coefficient (Wildman–Crippen LogP) is 2.63. The number of carboxylic acid groups (broad SMARTS) is 1. The molecular formula is C13H12FNO4. The number of carbonyl (C=O) groups is 1. The molecule has 5 nitrogen and oxygen atoms in total. The first-order valence-corrected chi connectivity index (χ1v) is 5.51. The highest BCUT2D eigenvalue weighted by Gasteiger charge is 2.20. The van der Waals surface area contributed by atoms with Gasteiger partial charge in [-0.3, -0.25) is 0 Å². The minimum atomic E-state index is -1.22. The van der Waals surface area contributed by atoms with E-state index in [0.29, 0.717) is 11.1 Å². The van der Waals surface area contributed by atoms with Crippen LogP contribution < -0.4 is 0 Å². The molecular weight excluding hydrogens is 253 g/mol. The Morgan fingerprint density at radius 3 is 2.84 bits per heavy atom. The minimum Gasteiger partial charge on any atom is -0.475 e. The number of halogens is 1. The Labute approximate surface area is 108 Å². The van der Waals surface area contributed by atoms with Crippen LogP contribution in [0.4, 0.5) is 4.39 Å². The molecule has 1 aromatic carbocycles. The lowest BCUT2D eigenvalue weighted by Gasteiger charge is -1.98. The highest BCUT2D eigenvalue weighted by atomic mass is 19.1. The Hall–Kier alpha value is -2.21. The van der Waals surface area contributed by atoms with Gasteiger partial charge in [-0.2, -0.15) is 0 Å². The van der Waals surface area contributed by atoms with Crippen LogP contribution >= 0.6 is 0 Å². The van der Waals surface area contributed by atoms with E-state index in [9.17, 15) is 9.18 Å². The van der Waals surface area contributed by atoms with Crippen LogP contribution in [0.1, 0.15) is 21.8 Å². The molecule has 0 saturated heterocycles. The monoisotopic (exact) mass is 265 g/mol. The number of aromatic carboxylic acids is 1. The normalized spacial score (nSPS) is 10.7. The summed E-state index contributed by atoms with van der Waals surface area (Å²) in [6.45, 7) is 1.64. The molecule has 1 heterocycles. The van der Waals surface area contributed by atoms with Gasteiger partial charge >= 0.3 is 5.97 Å². The molecule has 6 heteroatoms. The van der Waals surface area contributed by atoms with Gasteiger partial charge in [0, 0.05) is 12.7 Å². The Morgan fingerprint density at radius 1 is 1.53 bits per heavy atom. The quantitative estimate of drug-likeness (QED) is 0.919. The maximum Gasteiger partial charge on any atom is 0.373 e. The van der Waals surface area contributed by atoms with E-state index in [0.717, 1.165) is 0 Å². The van der Waals surface area contributed by atoms with E-state index in [1.807, 2.05) is 0 Å². The summed E-state index contributed by atoms with van der Waals surface area (Å²) in [5.41, 5.74) is 1.15. The Kier molecular flexibility index (Phi) is 3.62. The van der Waals surface area contributed by atoms with Gasteiger partial charge in [0.05, 0.1) is 6.61 Å². The molecule has 0 spiro atoms.